The van der Waals surface area contributed by atoms with Crippen molar-refractivity contribution in [3.05, 3.63) is 88.3 Å². The maximum Gasteiger partial charge on any atom is 0.300 e. The molecule has 1 N–H and O–H groups in total. The molecule has 1 aliphatic heterocycles. The number of furan rings is 1. The van der Waals surface area contributed by atoms with Crippen molar-refractivity contribution in [3.63, 3.8) is 0 Å². The highest BCUT2D eigenvalue weighted by Crippen LogP contribution is 2.42. The standard InChI is InChI=1S/C23H15ClN2O5/c1-30-17-9-6-14(11-16(17)24)21(27)19-20(18-3-2-10-31-18)26(23(29)22(19)28)15-7-4-13(12-25)5-8-15/h2-11,20,27H,1H3/b21-19-. The van der Waals surface area contributed by atoms with E-state index < -0.39 is 17.7 Å². The molecule has 8 heteroatoms. The van der Waals surface area contributed by atoms with E-state index in [0.29, 0.717) is 22.8 Å². The van der Waals surface area contributed by atoms with E-state index >= 15 is 0 Å². The number of amides is 1. The molecule has 154 valence electrons. The summed E-state index contributed by atoms with van der Waals surface area (Å²) in [6.45, 7) is 0. The molecular weight excluding hydrogens is 420 g/mol. The molecule has 0 spiro atoms. The highest BCUT2D eigenvalue weighted by molar-refractivity contribution is 6.51. The van der Waals surface area contributed by atoms with Crippen LogP contribution in [0.4, 0.5) is 5.69 Å². The lowest BCUT2D eigenvalue weighted by Gasteiger charge is -2.23. The van der Waals surface area contributed by atoms with Gasteiger partial charge in [0.05, 0.1) is 35.6 Å². The van der Waals surface area contributed by atoms with Crippen molar-refractivity contribution in [2.24, 2.45) is 0 Å². The second-order valence-corrected chi connectivity index (χ2v) is 7.10. The Balaban J connectivity index is 1.89. The Morgan fingerprint density at radius 1 is 1.19 bits per heavy atom. The molecule has 1 unspecified atom stereocenters. The summed E-state index contributed by atoms with van der Waals surface area (Å²) in [4.78, 5) is 27.2. The van der Waals surface area contributed by atoms with Gasteiger partial charge >= 0.3 is 0 Å². The maximum absolute atomic E-state index is 13.0. The minimum absolute atomic E-state index is 0.134. The van der Waals surface area contributed by atoms with Crippen molar-refractivity contribution < 1.29 is 23.8 Å². The normalized spacial score (nSPS) is 17.6. The van der Waals surface area contributed by atoms with Crippen molar-refractivity contribution in [2.45, 2.75) is 6.04 Å². The molecule has 7 nitrogen and oxygen atoms in total. The van der Waals surface area contributed by atoms with Gasteiger partial charge in [-0.05, 0) is 54.6 Å². The second-order valence-electron chi connectivity index (χ2n) is 6.69. The van der Waals surface area contributed by atoms with Gasteiger partial charge in [-0.15, -0.1) is 0 Å². The lowest BCUT2D eigenvalue weighted by molar-refractivity contribution is -0.132. The Kier molecular flexibility index (Phi) is 5.24. The van der Waals surface area contributed by atoms with Crippen LogP contribution in [-0.2, 0) is 9.59 Å². The third-order valence-corrected chi connectivity index (χ3v) is 5.25. The van der Waals surface area contributed by atoms with Gasteiger partial charge in [0.2, 0.25) is 0 Å². The first-order chi connectivity index (χ1) is 15.0. The Labute approximate surface area is 182 Å². The molecule has 0 saturated carbocycles. The summed E-state index contributed by atoms with van der Waals surface area (Å²) in [5.74, 6) is -1.38. The van der Waals surface area contributed by atoms with Gasteiger partial charge in [0.1, 0.15) is 23.3 Å². The third kappa shape index (κ3) is 3.43. The van der Waals surface area contributed by atoms with E-state index in [1.54, 1.807) is 30.3 Å². The number of Topliss-reactive ketones (excluding diaryl/α,β-unsaturated/α-hetero) is 1. The van der Waals surface area contributed by atoms with Crippen LogP contribution in [0.3, 0.4) is 0 Å². The third-order valence-electron chi connectivity index (χ3n) is 4.96. The molecule has 0 radical (unpaired) electrons. The summed E-state index contributed by atoms with van der Waals surface area (Å²) in [6.07, 6.45) is 1.42. The molecule has 1 aromatic heterocycles. The van der Waals surface area contributed by atoms with Crippen molar-refractivity contribution in [2.75, 3.05) is 12.0 Å². The van der Waals surface area contributed by atoms with Gasteiger partial charge in [0.15, 0.2) is 0 Å². The molecule has 31 heavy (non-hydrogen) atoms. The molecule has 1 atom stereocenters. The summed E-state index contributed by atoms with van der Waals surface area (Å²) < 4.78 is 10.6. The second kappa shape index (κ2) is 8.01. The fraction of sp³-hybridized carbons (Fsp3) is 0.0870. The first-order valence-corrected chi connectivity index (χ1v) is 9.52. The molecule has 1 amide bonds. The zero-order valence-corrected chi connectivity index (χ0v) is 17.0. The molecule has 0 bridgehead atoms. The van der Waals surface area contributed by atoms with Crippen LogP contribution in [0.25, 0.3) is 5.76 Å². The molecule has 1 aliphatic rings. The van der Waals surface area contributed by atoms with Crippen molar-refractivity contribution in [1.82, 2.24) is 0 Å². The Bertz CT molecular complexity index is 1240. The van der Waals surface area contributed by atoms with Crippen molar-refractivity contribution >= 4 is 34.7 Å². The topological polar surface area (TPSA) is 104 Å². The van der Waals surface area contributed by atoms with E-state index in [2.05, 4.69) is 0 Å². The number of ether oxygens (including phenoxy) is 1. The number of rotatable bonds is 4. The Hall–Kier alpha value is -4.02. The quantitative estimate of drug-likeness (QED) is 0.370. The lowest BCUT2D eigenvalue weighted by atomic mass is 9.99. The monoisotopic (exact) mass is 434 g/mol. The highest BCUT2D eigenvalue weighted by atomic mass is 35.5. The molecule has 4 rings (SSSR count). The van der Waals surface area contributed by atoms with E-state index in [1.807, 2.05) is 6.07 Å². The summed E-state index contributed by atoms with van der Waals surface area (Å²) >= 11 is 6.17. The first kappa shape index (κ1) is 20.3. The van der Waals surface area contributed by atoms with Gasteiger partial charge < -0.3 is 14.3 Å². The van der Waals surface area contributed by atoms with Gasteiger partial charge in [-0.25, -0.2) is 0 Å². The molecule has 2 heterocycles. The van der Waals surface area contributed by atoms with Crippen LogP contribution in [0.2, 0.25) is 5.02 Å². The number of hydrogen-bond donors (Lipinski definition) is 1. The largest absolute Gasteiger partial charge is 0.507 e. The number of aliphatic hydroxyl groups excluding tert-OH is 1. The van der Waals surface area contributed by atoms with E-state index in [-0.39, 0.29) is 21.9 Å². The Morgan fingerprint density at radius 2 is 1.94 bits per heavy atom. The molecule has 0 aliphatic carbocycles. The summed E-state index contributed by atoms with van der Waals surface area (Å²) in [6, 6.07) is 15.0. The van der Waals surface area contributed by atoms with Crippen molar-refractivity contribution in [1.29, 1.82) is 5.26 Å². The average molecular weight is 435 g/mol. The van der Waals surface area contributed by atoms with Crippen LogP contribution in [0.15, 0.2) is 70.9 Å². The van der Waals surface area contributed by atoms with Crippen LogP contribution in [0.1, 0.15) is 22.9 Å². The number of anilines is 1. The molecular formula is C23H15ClN2O5. The number of hydrogen-bond acceptors (Lipinski definition) is 6. The van der Waals surface area contributed by atoms with Crippen LogP contribution >= 0.6 is 11.6 Å². The van der Waals surface area contributed by atoms with Gasteiger partial charge in [-0.3, -0.25) is 14.5 Å². The van der Waals surface area contributed by atoms with Gasteiger partial charge in [0.25, 0.3) is 11.7 Å². The minimum atomic E-state index is -0.996. The highest BCUT2D eigenvalue weighted by Gasteiger charge is 2.48. The summed E-state index contributed by atoms with van der Waals surface area (Å²) in [5, 5.41) is 20.3. The number of benzene rings is 2. The van der Waals surface area contributed by atoms with E-state index in [0.717, 1.165) is 0 Å². The van der Waals surface area contributed by atoms with Gasteiger partial charge in [0, 0.05) is 11.3 Å². The molecule has 1 fully saturated rings. The predicted molar refractivity (Wildman–Crippen MR) is 113 cm³/mol. The predicted octanol–water partition coefficient (Wildman–Crippen LogP) is 4.44. The number of carbonyl (C=O) groups is 2. The number of halogens is 1. The molecule has 1 saturated heterocycles. The number of nitriles is 1. The number of nitrogens with zero attached hydrogens (tertiary/aromatic N) is 2. The van der Waals surface area contributed by atoms with Crippen LogP contribution in [0, 0.1) is 11.3 Å². The van der Waals surface area contributed by atoms with E-state index in [4.69, 9.17) is 26.0 Å². The van der Waals surface area contributed by atoms with Gasteiger partial charge in [-0.2, -0.15) is 5.26 Å². The number of ketones is 1. The van der Waals surface area contributed by atoms with Crippen LogP contribution in [0.5, 0.6) is 5.75 Å². The molecule has 3 aromatic rings. The minimum Gasteiger partial charge on any atom is -0.507 e. The fourth-order valence-electron chi connectivity index (χ4n) is 3.48. The molecule has 2 aromatic carbocycles. The fourth-order valence-corrected chi connectivity index (χ4v) is 3.74. The number of methoxy groups -OCH3 is 1. The van der Waals surface area contributed by atoms with Crippen molar-refractivity contribution in [3.8, 4) is 11.8 Å². The number of aliphatic hydroxyl groups is 1. The van der Waals surface area contributed by atoms with E-state index in [1.165, 1.54) is 42.5 Å². The smallest absolute Gasteiger partial charge is 0.300 e. The number of carbonyl (C=O) groups excluding carboxylic acids is 2. The SMILES string of the molecule is COc1ccc(/C(O)=C2/C(=O)C(=O)N(c3ccc(C#N)cc3)C2c2ccco2)cc1Cl. The first-order valence-electron chi connectivity index (χ1n) is 9.14. The van der Waals surface area contributed by atoms with Gasteiger partial charge in [-0.1, -0.05) is 11.6 Å². The maximum atomic E-state index is 13.0. The van der Waals surface area contributed by atoms with Crippen LogP contribution < -0.4 is 9.64 Å². The zero-order chi connectivity index (χ0) is 22.1. The lowest BCUT2D eigenvalue weighted by Crippen LogP contribution is -2.29. The summed E-state index contributed by atoms with van der Waals surface area (Å²) in [5.41, 5.74) is 0.905. The Morgan fingerprint density at radius 3 is 2.52 bits per heavy atom. The van der Waals surface area contributed by atoms with Crippen LogP contribution in [-0.4, -0.2) is 23.9 Å². The summed E-state index contributed by atoms with van der Waals surface area (Å²) in [7, 11) is 1.46. The van der Waals surface area contributed by atoms with E-state index in [9.17, 15) is 14.7 Å². The average Bonchev–Trinajstić information content (AvgIpc) is 3.40. The zero-order valence-electron chi connectivity index (χ0n) is 16.2.